The molecule has 0 atom stereocenters. The van der Waals surface area contributed by atoms with Crippen molar-refractivity contribution in [2.24, 2.45) is 0 Å². The highest BCUT2D eigenvalue weighted by Gasteiger charge is 2.52. The predicted octanol–water partition coefficient (Wildman–Crippen LogP) is 7.49. The molecule has 198 valence electrons. The van der Waals surface area contributed by atoms with Gasteiger partial charge in [-0.1, -0.05) is 103 Å². The third-order valence-corrected chi connectivity index (χ3v) is 7.91. The van der Waals surface area contributed by atoms with Gasteiger partial charge < -0.3 is 9.31 Å². The van der Waals surface area contributed by atoms with Crippen molar-refractivity contribution in [3.8, 4) is 45.3 Å². The number of hydrogen-bond acceptors (Lipinski definition) is 5. The van der Waals surface area contributed by atoms with Crippen LogP contribution in [0.1, 0.15) is 27.7 Å². The lowest BCUT2D eigenvalue weighted by Crippen LogP contribution is -2.41. The van der Waals surface area contributed by atoms with Gasteiger partial charge in [-0.25, -0.2) is 15.0 Å². The van der Waals surface area contributed by atoms with Crippen LogP contribution in [0.2, 0.25) is 5.02 Å². The standard InChI is InChI=1S/C33H29BClN3O2/c1-32(2)33(3,4)40-34(39-32)28-20-19-26(35)21-27(28)22-15-17-25(18-16-22)31-37-29(23-11-7-5-8-12-23)36-30(38-31)24-13-9-6-10-14-24/h5-21H,1-4H3. The van der Waals surface area contributed by atoms with Gasteiger partial charge in [-0.3, -0.25) is 0 Å². The molecule has 0 spiro atoms. The Kier molecular flexibility index (Phi) is 6.79. The van der Waals surface area contributed by atoms with E-state index in [-0.39, 0.29) is 0 Å². The molecule has 0 radical (unpaired) electrons. The van der Waals surface area contributed by atoms with Gasteiger partial charge in [0.2, 0.25) is 0 Å². The molecule has 0 bridgehead atoms. The van der Waals surface area contributed by atoms with Crippen molar-refractivity contribution in [3.63, 3.8) is 0 Å². The van der Waals surface area contributed by atoms with Crippen LogP contribution in [0, 0.1) is 0 Å². The maximum absolute atomic E-state index is 6.46. The first-order valence-electron chi connectivity index (χ1n) is 13.3. The predicted molar refractivity (Wildman–Crippen MR) is 162 cm³/mol. The lowest BCUT2D eigenvalue weighted by molar-refractivity contribution is 0.00578. The second kappa shape index (κ2) is 10.3. The number of benzene rings is 4. The van der Waals surface area contributed by atoms with Crippen molar-refractivity contribution >= 4 is 24.2 Å². The fourth-order valence-electron chi connectivity index (χ4n) is 4.69. The highest BCUT2D eigenvalue weighted by atomic mass is 35.5. The zero-order valence-electron chi connectivity index (χ0n) is 22.9. The number of nitrogens with zero attached hydrogens (tertiary/aromatic N) is 3. The molecular formula is C33H29BClN3O2. The Morgan fingerprint density at radius 2 is 0.975 bits per heavy atom. The third-order valence-electron chi connectivity index (χ3n) is 7.68. The largest absolute Gasteiger partial charge is 0.495 e. The smallest absolute Gasteiger partial charge is 0.399 e. The average Bonchev–Trinajstić information content (AvgIpc) is 3.19. The number of aromatic nitrogens is 3. The Morgan fingerprint density at radius 1 is 0.550 bits per heavy atom. The summed E-state index contributed by atoms with van der Waals surface area (Å²) in [5.74, 6) is 1.87. The first kappa shape index (κ1) is 26.4. The number of hydrogen-bond donors (Lipinski definition) is 0. The molecule has 0 N–H and O–H groups in total. The maximum atomic E-state index is 6.46. The molecule has 1 fully saturated rings. The zero-order valence-corrected chi connectivity index (χ0v) is 23.7. The second-order valence-electron chi connectivity index (χ2n) is 10.9. The molecule has 7 heteroatoms. The summed E-state index contributed by atoms with van der Waals surface area (Å²) in [5, 5.41) is 0.650. The lowest BCUT2D eigenvalue weighted by Gasteiger charge is -2.32. The van der Waals surface area contributed by atoms with Gasteiger partial charge in [0, 0.05) is 21.7 Å². The molecule has 1 saturated heterocycles. The van der Waals surface area contributed by atoms with E-state index >= 15 is 0 Å². The van der Waals surface area contributed by atoms with E-state index in [1.165, 1.54) is 0 Å². The van der Waals surface area contributed by atoms with Gasteiger partial charge in [-0.05, 0) is 56.4 Å². The van der Waals surface area contributed by atoms with E-state index in [4.69, 9.17) is 35.9 Å². The van der Waals surface area contributed by atoms with E-state index in [9.17, 15) is 0 Å². The van der Waals surface area contributed by atoms with E-state index in [2.05, 4.69) is 39.8 Å². The van der Waals surface area contributed by atoms with Crippen molar-refractivity contribution in [3.05, 3.63) is 108 Å². The van der Waals surface area contributed by atoms with Gasteiger partial charge in [0.25, 0.3) is 0 Å². The van der Waals surface area contributed by atoms with E-state index < -0.39 is 18.3 Å². The first-order chi connectivity index (χ1) is 19.2. The van der Waals surface area contributed by atoms with Gasteiger partial charge in [-0.15, -0.1) is 0 Å². The van der Waals surface area contributed by atoms with Gasteiger partial charge in [-0.2, -0.15) is 0 Å². The van der Waals surface area contributed by atoms with Crippen LogP contribution >= 0.6 is 11.6 Å². The summed E-state index contributed by atoms with van der Waals surface area (Å²) in [4.78, 5) is 14.5. The highest BCUT2D eigenvalue weighted by molar-refractivity contribution is 6.64. The summed E-state index contributed by atoms with van der Waals surface area (Å²) in [6, 6.07) is 33.9. The van der Waals surface area contributed by atoms with E-state index in [0.29, 0.717) is 22.5 Å². The van der Waals surface area contributed by atoms with Crippen molar-refractivity contribution < 1.29 is 9.31 Å². The van der Waals surface area contributed by atoms with Crippen LogP contribution in [0.15, 0.2) is 103 Å². The highest BCUT2D eigenvalue weighted by Crippen LogP contribution is 2.38. The molecule has 1 aliphatic rings. The molecule has 40 heavy (non-hydrogen) atoms. The van der Waals surface area contributed by atoms with Crippen molar-refractivity contribution in [2.45, 2.75) is 38.9 Å². The lowest BCUT2D eigenvalue weighted by atomic mass is 9.74. The minimum absolute atomic E-state index is 0.440. The first-order valence-corrected chi connectivity index (χ1v) is 13.7. The van der Waals surface area contributed by atoms with Gasteiger partial charge in [0.1, 0.15) is 0 Å². The van der Waals surface area contributed by atoms with Crippen molar-refractivity contribution in [1.82, 2.24) is 15.0 Å². The minimum Gasteiger partial charge on any atom is -0.399 e. The van der Waals surface area contributed by atoms with Crippen molar-refractivity contribution in [2.75, 3.05) is 0 Å². The normalized spacial score (nSPS) is 15.8. The summed E-state index contributed by atoms with van der Waals surface area (Å²) >= 11 is 6.46. The molecule has 5 nitrogen and oxygen atoms in total. The average molecular weight is 546 g/mol. The van der Waals surface area contributed by atoms with Gasteiger partial charge in [0.15, 0.2) is 17.5 Å². The van der Waals surface area contributed by atoms with Gasteiger partial charge in [0.05, 0.1) is 11.2 Å². The van der Waals surface area contributed by atoms with Crippen LogP contribution < -0.4 is 5.46 Å². The zero-order chi connectivity index (χ0) is 27.9. The molecule has 4 aromatic carbocycles. The topological polar surface area (TPSA) is 57.1 Å². The Bertz CT molecular complexity index is 1590. The van der Waals surface area contributed by atoms with Crippen LogP contribution in [-0.4, -0.2) is 33.3 Å². The molecular weight excluding hydrogens is 517 g/mol. The quantitative estimate of drug-likeness (QED) is 0.214. The van der Waals surface area contributed by atoms with Crippen LogP contribution in [-0.2, 0) is 9.31 Å². The summed E-state index contributed by atoms with van der Waals surface area (Å²) < 4.78 is 12.7. The molecule has 0 saturated carbocycles. The Hall–Kier alpha value is -3.84. The Labute approximate surface area is 240 Å². The summed E-state index contributed by atoms with van der Waals surface area (Å²) in [7, 11) is -0.498. The van der Waals surface area contributed by atoms with Crippen LogP contribution in [0.4, 0.5) is 0 Å². The van der Waals surface area contributed by atoms with E-state index in [1.807, 2.05) is 91.0 Å². The Balaban J connectivity index is 1.40. The SMILES string of the molecule is CC1(C)OB(c2ccc(Cl)cc2-c2ccc(-c3nc(-c4ccccc4)nc(-c4ccccc4)n3)cc2)OC1(C)C. The van der Waals surface area contributed by atoms with Crippen molar-refractivity contribution in [1.29, 1.82) is 0 Å². The second-order valence-corrected chi connectivity index (χ2v) is 11.4. The monoisotopic (exact) mass is 545 g/mol. The Morgan fingerprint density at radius 3 is 1.45 bits per heavy atom. The molecule has 0 unspecified atom stereocenters. The van der Waals surface area contributed by atoms with Gasteiger partial charge >= 0.3 is 7.12 Å². The third kappa shape index (κ3) is 5.06. The fraction of sp³-hybridized carbons (Fsp3) is 0.182. The maximum Gasteiger partial charge on any atom is 0.495 e. The summed E-state index contributed by atoms with van der Waals surface area (Å²) in [5.41, 5.74) is 4.78. The molecule has 2 heterocycles. The fourth-order valence-corrected chi connectivity index (χ4v) is 4.86. The minimum atomic E-state index is -0.498. The van der Waals surface area contributed by atoms with E-state index in [1.54, 1.807) is 0 Å². The van der Waals surface area contributed by atoms with E-state index in [0.717, 1.165) is 33.3 Å². The molecule has 1 aliphatic heterocycles. The summed E-state index contributed by atoms with van der Waals surface area (Å²) in [6.45, 7) is 8.22. The number of halogens is 1. The summed E-state index contributed by atoms with van der Waals surface area (Å²) in [6.07, 6.45) is 0. The van der Waals surface area contributed by atoms with Crippen LogP contribution in [0.3, 0.4) is 0 Å². The van der Waals surface area contributed by atoms with Crippen LogP contribution in [0.5, 0.6) is 0 Å². The molecule has 0 amide bonds. The van der Waals surface area contributed by atoms with Crippen LogP contribution in [0.25, 0.3) is 45.3 Å². The molecule has 0 aliphatic carbocycles. The number of rotatable bonds is 5. The molecule has 6 rings (SSSR count). The molecule has 5 aromatic rings. The molecule has 1 aromatic heterocycles.